The minimum Gasteiger partial charge on any atom is -0.492 e. The first-order chi connectivity index (χ1) is 12.0. The van der Waals surface area contributed by atoms with Gasteiger partial charge in [0.05, 0.1) is 0 Å². The number of likely N-dealkylation sites (N-methyl/N-ethyl adjacent to an activating group) is 1. The SMILES string of the molecule is CC(CC(=O)NCc1cccc(OCCN(C)C)c1)C1CCCNC1.Cl.Cl. The summed E-state index contributed by atoms with van der Waals surface area (Å²) < 4.78 is 5.75. The third-order valence-corrected chi connectivity index (χ3v) is 4.84. The summed E-state index contributed by atoms with van der Waals surface area (Å²) >= 11 is 0. The Hall–Kier alpha value is -1.01. The molecule has 1 heterocycles. The van der Waals surface area contributed by atoms with Crippen molar-refractivity contribution < 1.29 is 9.53 Å². The molecule has 1 fully saturated rings. The molecular weight excluding hydrogens is 385 g/mol. The Morgan fingerprint density at radius 3 is 2.81 bits per heavy atom. The van der Waals surface area contributed by atoms with Crippen LogP contribution >= 0.6 is 24.8 Å². The standard InChI is InChI=1S/C20H33N3O2.2ClH/c1-16(18-7-5-9-21-15-18)12-20(24)22-14-17-6-4-8-19(13-17)25-11-10-23(2)3;;/h4,6,8,13,16,18,21H,5,7,9-12,14-15H2,1-3H3,(H,22,24);2*1H. The van der Waals surface area contributed by atoms with Gasteiger partial charge in [0.25, 0.3) is 0 Å². The highest BCUT2D eigenvalue weighted by Gasteiger charge is 2.21. The van der Waals surface area contributed by atoms with E-state index in [1.165, 1.54) is 12.8 Å². The van der Waals surface area contributed by atoms with Gasteiger partial charge in [0.15, 0.2) is 0 Å². The highest BCUT2D eigenvalue weighted by Crippen LogP contribution is 2.22. The van der Waals surface area contributed by atoms with E-state index in [2.05, 4.69) is 22.5 Å². The summed E-state index contributed by atoms with van der Waals surface area (Å²) in [5.74, 6) is 2.04. The molecular formula is C20H35Cl2N3O2. The number of hydrogen-bond acceptors (Lipinski definition) is 4. The van der Waals surface area contributed by atoms with E-state index >= 15 is 0 Å². The van der Waals surface area contributed by atoms with Gasteiger partial charge in [0.2, 0.25) is 5.91 Å². The lowest BCUT2D eigenvalue weighted by molar-refractivity contribution is -0.122. The van der Waals surface area contributed by atoms with Crippen LogP contribution in [0.2, 0.25) is 0 Å². The fourth-order valence-electron chi connectivity index (χ4n) is 3.19. The summed E-state index contributed by atoms with van der Waals surface area (Å²) in [4.78, 5) is 14.3. The summed E-state index contributed by atoms with van der Waals surface area (Å²) in [6.07, 6.45) is 3.05. The largest absolute Gasteiger partial charge is 0.492 e. The molecule has 7 heteroatoms. The van der Waals surface area contributed by atoms with Crippen molar-refractivity contribution in [1.29, 1.82) is 0 Å². The first-order valence-electron chi connectivity index (χ1n) is 9.38. The number of ether oxygens (including phenoxy) is 1. The van der Waals surface area contributed by atoms with Crippen LogP contribution in [-0.2, 0) is 11.3 Å². The average Bonchev–Trinajstić information content (AvgIpc) is 2.61. The van der Waals surface area contributed by atoms with Crippen molar-refractivity contribution in [2.45, 2.75) is 32.7 Å². The van der Waals surface area contributed by atoms with Crippen LogP contribution in [0.15, 0.2) is 24.3 Å². The van der Waals surface area contributed by atoms with Gasteiger partial charge in [0, 0.05) is 19.5 Å². The van der Waals surface area contributed by atoms with Crippen LogP contribution in [0.1, 0.15) is 31.7 Å². The van der Waals surface area contributed by atoms with Gasteiger partial charge in [-0.2, -0.15) is 0 Å². The summed E-state index contributed by atoms with van der Waals surface area (Å²) in [7, 11) is 4.05. The molecule has 27 heavy (non-hydrogen) atoms. The normalized spacial score (nSPS) is 17.4. The number of carbonyl (C=O) groups is 1. The molecule has 0 spiro atoms. The molecule has 0 aliphatic carbocycles. The molecule has 156 valence electrons. The van der Waals surface area contributed by atoms with Gasteiger partial charge >= 0.3 is 0 Å². The van der Waals surface area contributed by atoms with Crippen molar-refractivity contribution in [2.24, 2.45) is 11.8 Å². The predicted octanol–water partition coefficient (Wildman–Crippen LogP) is 3.11. The molecule has 1 saturated heterocycles. The van der Waals surface area contributed by atoms with E-state index in [0.29, 0.717) is 31.4 Å². The van der Waals surface area contributed by atoms with Crippen LogP contribution in [0, 0.1) is 11.8 Å². The number of amides is 1. The Morgan fingerprint density at radius 2 is 2.15 bits per heavy atom. The fourth-order valence-corrected chi connectivity index (χ4v) is 3.19. The zero-order valence-corrected chi connectivity index (χ0v) is 18.3. The van der Waals surface area contributed by atoms with Gasteiger partial charge in [-0.25, -0.2) is 0 Å². The molecule has 0 bridgehead atoms. The number of hydrogen-bond donors (Lipinski definition) is 2. The molecule has 5 nitrogen and oxygen atoms in total. The molecule has 2 rings (SSSR count). The van der Waals surface area contributed by atoms with E-state index in [0.717, 1.165) is 30.9 Å². The van der Waals surface area contributed by atoms with E-state index in [-0.39, 0.29) is 30.7 Å². The first kappa shape index (κ1) is 26.0. The van der Waals surface area contributed by atoms with Gasteiger partial charge in [-0.15, -0.1) is 24.8 Å². The molecule has 1 aliphatic heterocycles. The van der Waals surface area contributed by atoms with E-state index in [9.17, 15) is 4.79 Å². The quantitative estimate of drug-likeness (QED) is 0.645. The lowest BCUT2D eigenvalue weighted by atomic mass is 9.85. The van der Waals surface area contributed by atoms with Gasteiger partial charge < -0.3 is 20.3 Å². The van der Waals surface area contributed by atoms with Crippen molar-refractivity contribution >= 4 is 30.7 Å². The van der Waals surface area contributed by atoms with Gasteiger partial charge in [-0.05, 0) is 69.6 Å². The van der Waals surface area contributed by atoms with Crippen molar-refractivity contribution in [2.75, 3.05) is 40.3 Å². The fraction of sp³-hybridized carbons (Fsp3) is 0.650. The van der Waals surface area contributed by atoms with Crippen LogP contribution in [0.25, 0.3) is 0 Å². The van der Waals surface area contributed by atoms with Crippen molar-refractivity contribution in [3.63, 3.8) is 0 Å². The van der Waals surface area contributed by atoms with E-state index in [1.54, 1.807) is 0 Å². The maximum Gasteiger partial charge on any atom is 0.220 e. The van der Waals surface area contributed by atoms with Crippen molar-refractivity contribution in [1.82, 2.24) is 15.5 Å². The monoisotopic (exact) mass is 419 g/mol. The number of nitrogens with zero attached hydrogens (tertiary/aromatic N) is 1. The molecule has 0 radical (unpaired) electrons. The second-order valence-corrected chi connectivity index (χ2v) is 7.36. The predicted molar refractivity (Wildman–Crippen MR) is 116 cm³/mol. The van der Waals surface area contributed by atoms with Crippen molar-refractivity contribution in [3.8, 4) is 5.75 Å². The Labute approximate surface area is 176 Å². The number of benzene rings is 1. The van der Waals surface area contributed by atoms with Crippen molar-refractivity contribution in [3.05, 3.63) is 29.8 Å². The molecule has 1 aromatic rings. The third-order valence-electron chi connectivity index (χ3n) is 4.84. The molecule has 2 N–H and O–H groups in total. The third kappa shape index (κ3) is 10.2. The van der Waals surface area contributed by atoms with Crippen LogP contribution in [0.5, 0.6) is 5.75 Å². The molecule has 0 saturated carbocycles. The second-order valence-electron chi connectivity index (χ2n) is 7.36. The number of nitrogens with one attached hydrogen (secondary N) is 2. The lowest BCUT2D eigenvalue weighted by Gasteiger charge is -2.28. The van der Waals surface area contributed by atoms with Gasteiger partial charge in [0.1, 0.15) is 12.4 Å². The highest BCUT2D eigenvalue weighted by molar-refractivity contribution is 5.85. The summed E-state index contributed by atoms with van der Waals surface area (Å²) in [5, 5.41) is 6.48. The summed E-state index contributed by atoms with van der Waals surface area (Å²) in [6, 6.07) is 7.96. The zero-order valence-electron chi connectivity index (χ0n) is 16.7. The molecule has 2 unspecified atom stereocenters. The molecule has 1 aliphatic rings. The lowest BCUT2D eigenvalue weighted by Crippen LogP contribution is -2.35. The van der Waals surface area contributed by atoms with Gasteiger partial charge in [-0.3, -0.25) is 4.79 Å². The average molecular weight is 420 g/mol. The van der Waals surface area contributed by atoms with E-state index in [4.69, 9.17) is 4.74 Å². The first-order valence-corrected chi connectivity index (χ1v) is 9.38. The van der Waals surface area contributed by atoms with Crippen LogP contribution in [0.3, 0.4) is 0 Å². The van der Waals surface area contributed by atoms with Gasteiger partial charge in [-0.1, -0.05) is 19.1 Å². The van der Waals surface area contributed by atoms with E-state index < -0.39 is 0 Å². The second kappa shape index (κ2) is 14.1. The number of rotatable bonds is 9. The van der Waals surface area contributed by atoms with Crippen LogP contribution < -0.4 is 15.4 Å². The zero-order chi connectivity index (χ0) is 18.1. The highest BCUT2D eigenvalue weighted by atomic mass is 35.5. The number of piperidine rings is 1. The van der Waals surface area contributed by atoms with Crippen LogP contribution in [-0.4, -0.2) is 51.1 Å². The number of carbonyl (C=O) groups excluding carboxylic acids is 1. The Bertz CT molecular complexity index is 538. The Balaban J connectivity index is 0.00000338. The molecule has 1 amide bonds. The molecule has 0 aromatic heterocycles. The number of halogens is 2. The maximum absolute atomic E-state index is 12.2. The minimum atomic E-state index is 0. The smallest absolute Gasteiger partial charge is 0.220 e. The Kier molecular flexibility index (Phi) is 13.5. The minimum absolute atomic E-state index is 0. The molecule has 2 atom stereocenters. The van der Waals surface area contributed by atoms with E-state index in [1.807, 2.05) is 38.4 Å². The maximum atomic E-state index is 12.2. The Morgan fingerprint density at radius 1 is 1.37 bits per heavy atom. The molecule has 1 aromatic carbocycles. The summed E-state index contributed by atoms with van der Waals surface area (Å²) in [5.41, 5.74) is 1.07. The van der Waals surface area contributed by atoms with Crippen LogP contribution in [0.4, 0.5) is 0 Å². The topological polar surface area (TPSA) is 53.6 Å². The summed E-state index contributed by atoms with van der Waals surface area (Å²) in [6.45, 7) is 6.45.